The van der Waals surface area contributed by atoms with Crippen LogP contribution in [-0.2, 0) is 15.0 Å². The van der Waals surface area contributed by atoms with Crippen LogP contribution in [0.5, 0.6) is 0 Å². The molecule has 0 aromatic heterocycles. The molecule has 1 aromatic rings. The van der Waals surface area contributed by atoms with Gasteiger partial charge in [0.25, 0.3) is 0 Å². The molecule has 3 unspecified atom stereocenters. The smallest absolute Gasteiger partial charge is 0.221 e. The molecule has 0 heterocycles. The van der Waals surface area contributed by atoms with Gasteiger partial charge in [0.1, 0.15) is 0 Å². The van der Waals surface area contributed by atoms with Crippen molar-refractivity contribution in [3.63, 3.8) is 0 Å². The van der Waals surface area contributed by atoms with E-state index < -0.39 is 0 Å². The second-order valence-electron chi connectivity index (χ2n) is 9.63. The summed E-state index contributed by atoms with van der Waals surface area (Å²) in [4.78, 5) is 23.5. The van der Waals surface area contributed by atoms with Crippen LogP contribution in [0.4, 0.5) is 0 Å². The molecule has 4 fully saturated rings. The van der Waals surface area contributed by atoms with Crippen LogP contribution in [0, 0.1) is 17.3 Å². The Labute approximate surface area is 172 Å². The van der Waals surface area contributed by atoms with E-state index in [1.54, 1.807) is 0 Å². The van der Waals surface area contributed by atoms with Gasteiger partial charge in [-0.2, -0.15) is 0 Å². The molecule has 5 heteroatoms. The summed E-state index contributed by atoms with van der Waals surface area (Å²) < 4.78 is 0. The van der Waals surface area contributed by atoms with Crippen LogP contribution in [0.2, 0.25) is 5.02 Å². The van der Waals surface area contributed by atoms with Crippen molar-refractivity contribution in [2.45, 2.75) is 70.3 Å². The highest BCUT2D eigenvalue weighted by atomic mass is 35.5. The standard InChI is InChI=1S/C23H31ClN2O2/c1-15(26-21(28)7-8-25-16(2)27)22-10-17-9-18(11-22)13-23(12-17,14-22)19-3-5-20(24)6-4-19/h3-6,15,17-18H,7-14H2,1-2H3,(H,25,27)(H,26,28). The lowest BCUT2D eigenvalue weighted by molar-refractivity contribution is -0.127. The Kier molecular flexibility index (Phi) is 5.20. The van der Waals surface area contributed by atoms with E-state index in [0.29, 0.717) is 13.0 Å². The Hall–Kier alpha value is -1.55. The lowest BCUT2D eigenvalue weighted by atomic mass is 9.41. The number of amides is 2. The predicted molar refractivity (Wildman–Crippen MR) is 111 cm³/mol. The summed E-state index contributed by atoms with van der Waals surface area (Å²) in [7, 11) is 0. The van der Waals surface area contributed by atoms with Crippen molar-refractivity contribution in [1.82, 2.24) is 10.6 Å². The third kappa shape index (κ3) is 3.68. The van der Waals surface area contributed by atoms with Gasteiger partial charge in [-0.15, -0.1) is 0 Å². The summed E-state index contributed by atoms with van der Waals surface area (Å²) in [6.07, 6.45) is 7.85. The highest BCUT2D eigenvalue weighted by molar-refractivity contribution is 6.30. The van der Waals surface area contributed by atoms with Crippen LogP contribution >= 0.6 is 11.6 Å². The van der Waals surface area contributed by atoms with Crippen LogP contribution in [0.15, 0.2) is 24.3 Å². The third-order valence-electron chi connectivity index (χ3n) is 7.58. The molecular weight excluding hydrogens is 372 g/mol. The number of carbonyl (C=O) groups is 2. The summed E-state index contributed by atoms with van der Waals surface area (Å²) >= 11 is 6.14. The number of rotatable bonds is 6. The maximum atomic E-state index is 12.4. The van der Waals surface area contributed by atoms with Crippen LogP contribution < -0.4 is 10.6 Å². The maximum Gasteiger partial charge on any atom is 0.221 e. The van der Waals surface area contributed by atoms with Crippen LogP contribution in [0.1, 0.15) is 64.4 Å². The molecule has 4 aliphatic carbocycles. The first kappa shape index (κ1) is 19.8. The van der Waals surface area contributed by atoms with Gasteiger partial charge >= 0.3 is 0 Å². The highest BCUT2D eigenvalue weighted by Gasteiger charge is 2.59. The average molecular weight is 403 g/mol. The summed E-state index contributed by atoms with van der Waals surface area (Å²) in [6, 6.07) is 8.65. The first-order chi connectivity index (χ1) is 13.3. The van der Waals surface area contributed by atoms with E-state index in [0.717, 1.165) is 23.3 Å². The first-order valence-corrected chi connectivity index (χ1v) is 11.0. The molecule has 4 bridgehead atoms. The number of nitrogens with one attached hydrogen (secondary N) is 2. The van der Waals surface area contributed by atoms with Gasteiger partial charge in [0.2, 0.25) is 11.8 Å². The molecule has 5 rings (SSSR count). The minimum atomic E-state index is -0.0909. The number of hydrogen-bond acceptors (Lipinski definition) is 2. The van der Waals surface area contributed by atoms with Crippen molar-refractivity contribution >= 4 is 23.4 Å². The molecule has 3 atom stereocenters. The lowest BCUT2D eigenvalue weighted by Gasteiger charge is -2.64. The summed E-state index contributed by atoms with van der Waals surface area (Å²) in [5, 5.41) is 6.78. The number of halogens is 1. The average Bonchev–Trinajstić information content (AvgIpc) is 2.60. The van der Waals surface area contributed by atoms with Crippen LogP contribution in [-0.4, -0.2) is 24.4 Å². The SMILES string of the molecule is CC(=O)NCCC(=O)NC(C)C12CC3CC(CC(c4ccc(Cl)cc4)(C3)C1)C2. The van der Waals surface area contributed by atoms with E-state index >= 15 is 0 Å². The van der Waals surface area contributed by atoms with E-state index in [2.05, 4.69) is 29.7 Å². The predicted octanol–water partition coefficient (Wildman–Crippen LogP) is 4.21. The second-order valence-corrected chi connectivity index (χ2v) is 10.1. The third-order valence-corrected chi connectivity index (χ3v) is 7.84. The minimum absolute atomic E-state index is 0.0394. The molecular formula is C23H31ClN2O2. The van der Waals surface area contributed by atoms with E-state index in [4.69, 9.17) is 11.6 Å². The first-order valence-electron chi connectivity index (χ1n) is 10.6. The normalized spacial score (nSPS) is 34.1. The van der Waals surface area contributed by atoms with Crippen LogP contribution in [0.25, 0.3) is 0 Å². The van der Waals surface area contributed by atoms with E-state index in [9.17, 15) is 9.59 Å². The van der Waals surface area contributed by atoms with E-state index in [1.165, 1.54) is 44.6 Å². The Bertz CT molecular complexity index is 746. The van der Waals surface area contributed by atoms with Crippen molar-refractivity contribution in [3.05, 3.63) is 34.9 Å². The second kappa shape index (κ2) is 7.37. The molecule has 0 aliphatic heterocycles. The molecule has 4 aliphatic rings. The zero-order valence-electron chi connectivity index (χ0n) is 16.9. The molecule has 0 saturated heterocycles. The van der Waals surface area contributed by atoms with Crippen molar-refractivity contribution in [1.29, 1.82) is 0 Å². The zero-order valence-corrected chi connectivity index (χ0v) is 17.6. The van der Waals surface area contributed by atoms with Crippen molar-refractivity contribution in [2.75, 3.05) is 6.54 Å². The topological polar surface area (TPSA) is 58.2 Å². The lowest BCUT2D eigenvalue weighted by Crippen LogP contribution is -2.60. The zero-order chi connectivity index (χ0) is 19.9. The van der Waals surface area contributed by atoms with E-state index in [-0.39, 0.29) is 28.7 Å². The fourth-order valence-corrected chi connectivity index (χ4v) is 6.93. The highest BCUT2D eigenvalue weighted by Crippen LogP contribution is 2.66. The van der Waals surface area contributed by atoms with Gasteiger partial charge in [-0.25, -0.2) is 0 Å². The fourth-order valence-electron chi connectivity index (χ4n) is 6.80. The van der Waals surface area contributed by atoms with Gasteiger partial charge in [0.15, 0.2) is 0 Å². The maximum absolute atomic E-state index is 12.4. The monoisotopic (exact) mass is 402 g/mol. The molecule has 0 radical (unpaired) electrons. The Balaban J connectivity index is 1.50. The molecule has 28 heavy (non-hydrogen) atoms. The summed E-state index contributed by atoms with van der Waals surface area (Å²) in [5.41, 5.74) is 1.86. The number of benzene rings is 1. The number of hydrogen-bond donors (Lipinski definition) is 2. The van der Waals surface area contributed by atoms with Gasteiger partial charge < -0.3 is 10.6 Å². The molecule has 0 spiro atoms. The van der Waals surface area contributed by atoms with E-state index in [1.807, 2.05) is 12.1 Å². The fraction of sp³-hybridized carbons (Fsp3) is 0.652. The molecule has 4 nitrogen and oxygen atoms in total. The Morgan fingerprint density at radius 1 is 1.14 bits per heavy atom. The number of carbonyl (C=O) groups excluding carboxylic acids is 2. The largest absolute Gasteiger partial charge is 0.356 e. The summed E-state index contributed by atoms with van der Waals surface area (Å²) in [5.74, 6) is 1.47. The quantitative estimate of drug-likeness (QED) is 0.748. The van der Waals surface area contributed by atoms with Gasteiger partial charge in [0.05, 0.1) is 0 Å². The molecule has 4 saturated carbocycles. The Morgan fingerprint density at radius 3 is 2.39 bits per heavy atom. The van der Waals surface area contributed by atoms with Gasteiger partial charge in [-0.1, -0.05) is 23.7 Å². The van der Waals surface area contributed by atoms with Crippen LogP contribution in [0.3, 0.4) is 0 Å². The minimum Gasteiger partial charge on any atom is -0.356 e. The van der Waals surface area contributed by atoms with Gasteiger partial charge in [0, 0.05) is 31.0 Å². The van der Waals surface area contributed by atoms with Crippen molar-refractivity contribution in [2.24, 2.45) is 17.3 Å². The van der Waals surface area contributed by atoms with Crippen molar-refractivity contribution < 1.29 is 9.59 Å². The summed E-state index contributed by atoms with van der Waals surface area (Å²) in [6.45, 7) is 4.08. The Morgan fingerprint density at radius 2 is 1.79 bits per heavy atom. The van der Waals surface area contributed by atoms with Gasteiger partial charge in [-0.05, 0) is 85.8 Å². The molecule has 2 amide bonds. The molecule has 2 N–H and O–H groups in total. The molecule has 152 valence electrons. The molecule has 1 aromatic carbocycles. The van der Waals surface area contributed by atoms with Crippen molar-refractivity contribution in [3.8, 4) is 0 Å². The van der Waals surface area contributed by atoms with Gasteiger partial charge in [-0.3, -0.25) is 9.59 Å².